The van der Waals surface area contributed by atoms with E-state index in [1.807, 2.05) is 24.3 Å². The SMILES string of the molecule is Cn1c2ccccc2c2ccc(N3c4cc(C#N)ccc4C4C=CC(C#N)=CC43)cc21. The molecule has 146 valence electrons. The van der Waals surface area contributed by atoms with E-state index in [1.54, 1.807) is 0 Å². The number of aromatic nitrogens is 1. The summed E-state index contributed by atoms with van der Waals surface area (Å²) in [7, 11) is 2.10. The molecule has 2 heterocycles. The monoisotopic (exact) mass is 398 g/mol. The second-order valence-corrected chi connectivity index (χ2v) is 8.14. The summed E-state index contributed by atoms with van der Waals surface area (Å²) in [6.45, 7) is 0. The van der Waals surface area contributed by atoms with Gasteiger partial charge in [-0.05, 0) is 48.0 Å². The van der Waals surface area contributed by atoms with Crippen LogP contribution in [0.1, 0.15) is 17.0 Å². The summed E-state index contributed by atoms with van der Waals surface area (Å²) >= 11 is 0. The van der Waals surface area contributed by atoms with Crippen LogP contribution in [0.25, 0.3) is 21.8 Å². The van der Waals surface area contributed by atoms with Crippen molar-refractivity contribution in [3.63, 3.8) is 0 Å². The molecule has 1 aromatic heterocycles. The van der Waals surface area contributed by atoms with Crippen molar-refractivity contribution in [2.75, 3.05) is 4.90 Å². The first-order valence-corrected chi connectivity index (χ1v) is 10.3. The van der Waals surface area contributed by atoms with Gasteiger partial charge in [0.25, 0.3) is 0 Å². The summed E-state index contributed by atoms with van der Waals surface area (Å²) < 4.78 is 2.23. The van der Waals surface area contributed by atoms with E-state index in [2.05, 4.69) is 83.3 Å². The third-order valence-electron chi connectivity index (χ3n) is 6.58. The van der Waals surface area contributed by atoms with Crippen LogP contribution in [0.3, 0.4) is 0 Å². The molecule has 6 rings (SSSR count). The molecule has 0 bridgehead atoms. The molecule has 0 fully saturated rings. The minimum absolute atomic E-state index is 0.00993. The van der Waals surface area contributed by atoms with Crippen molar-refractivity contribution in [3.05, 3.63) is 95.6 Å². The molecule has 2 atom stereocenters. The van der Waals surface area contributed by atoms with E-state index in [4.69, 9.17) is 0 Å². The number of nitrogens with zero attached hydrogens (tertiary/aromatic N) is 4. The molecule has 31 heavy (non-hydrogen) atoms. The quantitative estimate of drug-likeness (QED) is 0.405. The minimum Gasteiger partial charge on any atom is -0.344 e. The zero-order chi connectivity index (χ0) is 21.1. The Kier molecular flexibility index (Phi) is 3.60. The molecule has 0 saturated heterocycles. The highest BCUT2D eigenvalue weighted by molar-refractivity contribution is 6.09. The first-order valence-electron chi connectivity index (χ1n) is 10.3. The maximum Gasteiger partial charge on any atom is 0.0992 e. The van der Waals surface area contributed by atoms with Crippen molar-refractivity contribution in [3.8, 4) is 12.1 Å². The molecule has 0 saturated carbocycles. The third kappa shape index (κ3) is 2.40. The van der Waals surface area contributed by atoms with Crippen molar-refractivity contribution in [2.24, 2.45) is 7.05 Å². The second kappa shape index (κ2) is 6.36. The van der Waals surface area contributed by atoms with E-state index >= 15 is 0 Å². The van der Waals surface area contributed by atoms with E-state index in [0.29, 0.717) is 11.1 Å². The average molecular weight is 398 g/mol. The summed E-state index contributed by atoms with van der Waals surface area (Å²) in [6, 6.07) is 25.5. The van der Waals surface area contributed by atoms with E-state index in [1.165, 1.54) is 21.9 Å². The summed E-state index contributed by atoms with van der Waals surface area (Å²) in [6.07, 6.45) is 6.06. The first-order chi connectivity index (χ1) is 15.2. The number of benzene rings is 3. The summed E-state index contributed by atoms with van der Waals surface area (Å²) in [5.74, 6) is 0.156. The number of rotatable bonds is 1. The van der Waals surface area contributed by atoms with Gasteiger partial charge in [-0.3, -0.25) is 0 Å². The Labute approximate surface area is 180 Å². The van der Waals surface area contributed by atoms with Crippen molar-refractivity contribution >= 4 is 33.2 Å². The smallest absolute Gasteiger partial charge is 0.0992 e. The van der Waals surface area contributed by atoms with Crippen LogP contribution in [0.5, 0.6) is 0 Å². The van der Waals surface area contributed by atoms with Crippen LogP contribution in [0.15, 0.2) is 84.5 Å². The van der Waals surface area contributed by atoms with Crippen molar-refractivity contribution in [1.82, 2.24) is 4.57 Å². The van der Waals surface area contributed by atoms with Gasteiger partial charge in [0.05, 0.1) is 29.3 Å². The molecule has 4 nitrogen and oxygen atoms in total. The van der Waals surface area contributed by atoms with Crippen LogP contribution in [0, 0.1) is 22.7 Å². The fourth-order valence-electron chi connectivity index (χ4n) is 5.14. The number of anilines is 2. The van der Waals surface area contributed by atoms with Gasteiger partial charge in [0.15, 0.2) is 0 Å². The molecule has 1 aliphatic carbocycles. The highest BCUT2D eigenvalue weighted by atomic mass is 15.2. The fourth-order valence-corrected chi connectivity index (χ4v) is 5.14. The predicted octanol–water partition coefficient (Wildman–Crippen LogP) is 5.83. The van der Waals surface area contributed by atoms with Crippen molar-refractivity contribution < 1.29 is 0 Å². The molecular weight excluding hydrogens is 380 g/mol. The maximum absolute atomic E-state index is 9.49. The Morgan fingerprint density at radius 3 is 2.55 bits per heavy atom. The lowest BCUT2D eigenvalue weighted by Crippen LogP contribution is -2.29. The van der Waals surface area contributed by atoms with Gasteiger partial charge in [0.2, 0.25) is 0 Å². The Morgan fingerprint density at radius 2 is 1.71 bits per heavy atom. The summed E-state index contributed by atoms with van der Waals surface area (Å²) in [5.41, 5.74) is 6.96. The lowest BCUT2D eigenvalue weighted by atomic mass is 9.89. The highest BCUT2D eigenvalue weighted by Gasteiger charge is 2.38. The van der Waals surface area contributed by atoms with Crippen LogP contribution < -0.4 is 4.90 Å². The van der Waals surface area contributed by atoms with Gasteiger partial charge in [-0.2, -0.15) is 10.5 Å². The number of para-hydroxylation sites is 1. The van der Waals surface area contributed by atoms with Crippen LogP contribution in [0.4, 0.5) is 11.4 Å². The first kappa shape index (κ1) is 17.6. The molecule has 2 unspecified atom stereocenters. The van der Waals surface area contributed by atoms with Crippen molar-refractivity contribution in [1.29, 1.82) is 10.5 Å². The Morgan fingerprint density at radius 1 is 0.871 bits per heavy atom. The van der Waals surface area contributed by atoms with E-state index in [9.17, 15) is 10.5 Å². The second-order valence-electron chi connectivity index (χ2n) is 8.14. The van der Waals surface area contributed by atoms with Gasteiger partial charge in [-0.25, -0.2) is 0 Å². The molecule has 1 aliphatic heterocycles. The number of aryl methyl sites for hydroxylation is 1. The van der Waals surface area contributed by atoms with Crippen LogP contribution in [0.2, 0.25) is 0 Å². The molecule has 3 aromatic carbocycles. The lowest BCUT2D eigenvalue weighted by molar-refractivity contribution is 0.741. The van der Waals surface area contributed by atoms with Crippen LogP contribution in [-0.2, 0) is 7.05 Å². The Hall–Kier alpha value is -4.28. The molecule has 4 heteroatoms. The molecule has 0 spiro atoms. The van der Waals surface area contributed by atoms with Gasteiger partial charge in [-0.1, -0.05) is 36.4 Å². The van der Waals surface area contributed by atoms with E-state index < -0.39 is 0 Å². The molecular formula is C27H18N4. The topological polar surface area (TPSA) is 55.8 Å². The third-order valence-corrected chi connectivity index (χ3v) is 6.58. The average Bonchev–Trinajstić information content (AvgIpc) is 3.30. The molecule has 0 radical (unpaired) electrons. The number of fused-ring (bicyclic) bond motifs is 6. The summed E-state index contributed by atoms with van der Waals surface area (Å²) in [4.78, 5) is 2.28. The van der Waals surface area contributed by atoms with Gasteiger partial charge < -0.3 is 9.47 Å². The lowest BCUT2D eigenvalue weighted by Gasteiger charge is -2.29. The van der Waals surface area contributed by atoms with Crippen LogP contribution >= 0.6 is 0 Å². The Balaban J connectivity index is 1.60. The predicted molar refractivity (Wildman–Crippen MR) is 123 cm³/mol. The molecule has 0 amide bonds. The van der Waals surface area contributed by atoms with Gasteiger partial charge in [0, 0.05) is 46.2 Å². The molecule has 0 N–H and O–H groups in total. The molecule has 4 aromatic rings. The van der Waals surface area contributed by atoms with Gasteiger partial charge in [-0.15, -0.1) is 0 Å². The fraction of sp³-hybridized carbons (Fsp3) is 0.111. The van der Waals surface area contributed by atoms with Crippen LogP contribution in [-0.4, -0.2) is 10.6 Å². The van der Waals surface area contributed by atoms with E-state index in [-0.39, 0.29) is 12.0 Å². The maximum atomic E-state index is 9.49. The minimum atomic E-state index is 0.00993. The highest BCUT2D eigenvalue weighted by Crippen LogP contribution is 2.49. The summed E-state index contributed by atoms with van der Waals surface area (Å²) in [5, 5.41) is 21.4. The van der Waals surface area contributed by atoms with E-state index in [0.717, 1.165) is 16.9 Å². The van der Waals surface area contributed by atoms with Gasteiger partial charge in [0.1, 0.15) is 0 Å². The Bertz CT molecular complexity index is 1540. The number of nitriles is 2. The van der Waals surface area contributed by atoms with Crippen molar-refractivity contribution in [2.45, 2.75) is 12.0 Å². The standard InChI is InChI=1S/C27H18N4/c1-30-24-5-3-2-4-20(24)21-11-8-19(14-25(21)30)31-26-12-17(15-28)6-9-22(26)23-10-7-18(16-29)13-27(23)31/h2-14,22,26H,1H3. The number of hydrogen-bond donors (Lipinski definition) is 0. The zero-order valence-corrected chi connectivity index (χ0v) is 16.9. The number of allylic oxidation sites excluding steroid dienone is 2. The molecule has 2 aliphatic rings. The van der Waals surface area contributed by atoms with Gasteiger partial charge >= 0.3 is 0 Å². The zero-order valence-electron chi connectivity index (χ0n) is 16.9. The number of hydrogen-bond acceptors (Lipinski definition) is 3. The normalized spacial score (nSPS) is 19.1. The largest absolute Gasteiger partial charge is 0.344 e.